The monoisotopic (exact) mass is 673 g/mol. The maximum absolute atomic E-state index is 11.8. The summed E-state index contributed by atoms with van der Waals surface area (Å²) >= 11 is 0. The lowest BCUT2D eigenvalue weighted by Gasteiger charge is -2.03. The molecule has 0 amide bonds. The van der Waals surface area contributed by atoms with Crippen LogP contribution in [0, 0.1) is 0 Å². The van der Waals surface area contributed by atoms with Crippen LogP contribution in [0.25, 0.3) is 0 Å². The van der Waals surface area contributed by atoms with Gasteiger partial charge in [-0.05, 0) is 37.8 Å². The summed E-state index contributed by atoms with van der Waals surface area (Å²) in [6.07, 6.45) is 54.2. The van der Waals surface area contributed by atoms with E-state index in [2.05, 4.69) is 13.8 Å². The average molecular weight is 673 g/mol. The highest BCUT2D eigenvalue weighted by atomic mass is 16.5. The van der Waals surface area contributed by atoms with Crippen molar-refractivity contribution in [3.63, 3.8) is 0 Å². The lowest BCUT2D eigenvalue weighted by molar-refractivity contribution is -0.135. The first-order valence-electron chi connectivity index (χ1n) is 21.1. The zero-order chi connectivity index (χ0) is 34.9. The molecule has 0 fully saturated rings. The van der Waals surface area contributed by atoms with Gasteiger partial charge in [0.25, 0.3) is 0 Å². The first kappa shape index (κ1) is 46.2. The Morgan fingerprint density at radius 2 is 0.542 bits per heavy atom. The van der Waals surface area contributed by atoms with Gasteiger partial charge >= 0.3 is 11.9 Å². The summed E-state index contributed by atoms with van der Waals surface area (Å²) in [5, 5.41) is 0. The lowest BCUT2D eigenvalue weighted by Crippen LogP contribution is -1.98. The zero-order valence-corrected chi connectivity index (χ0v) is 32.1. The molecule has 0 aliphatic rings. The van der Waals surface area contributed by atoms with E-state index in [9.17, 15) is 9.59 Å². The Balaban J connectivity index is 3.43. The molecule has 4 nitrogen and oxygen atoms in total. The van der Waals surface area contributed by atoms with Gasteiger partial charge in [-0.2, -0.15) is 0 Å². The van der Waals surface area contributed by atoms with E-state index in [1.54, 1.807) is 0 Å². The number of unbranched alkanes of at least 4 members (excludes halogenated alkanes) is 32. The van der Waals surface area contributed by atoms with E-state index < -0.39 is 11.9 Å². The Hall–Kier alpha value is -1.84. The molecule has 48 heavy (non-hydrogen) atoms. The molecule has 0 saturated carbocycles. The summed E-state index contributed by atoms with van der Waals surface area (Å²) in [5.41, 5.74) is 0. The molecule has 0 saturated heterocycles. The Morgan fingerprint density at radius 3 is 0.771 bits per heavy atom. The zero-order valence-electron chi connectivity index (χ0n) is 32.1. The van der Waals surface area contributed by atoms with Crippen LogP contribution in [0.2, 0.25) is 0 Å². The highest BCUT2D eigenvalue weighted by molar-refractivity contribution is 5.92. The van der Waals surface area contributed by atoms with E-state index in [0.717, 1.165) is 37.8 Å². The van der Waals surface area contributed by atoms with Gasteiger partial charge in [0, 0.05) is 12.2 Å². The number of rotatable bonds is 38. The highest BCUT2D eigenvalue weighted by Gasteiger charge is 1.99. The normalized spacial score (nSPS) is 11.8. The van der Waals surface area contributed by atoms with E-state index in [0.29, 0.717) is 0 Å². The minimum atomic E-state index is -0.563. The van der Waals surface area contributed by atoms with E-state index >= 15 is 0 Å². The van der Waals surface area contributed by atoms with Gasteiger partial charge in [0.2, 0.25) is 0 Å². The van der Waals surface area contributed by atoms with Gasteiger partial charge in [0.15, 0.2) is 0 Å². The third kappa shape index (κ3) is 40.3. The number of hydrogen-bond donors (Lipinski definition) is 0. The van der Waals surface area contributed by atoms with E-state index in [1.807, 2.05) is 12.2 Å². The quantitative estimate of drug-likeness (QED) is 0.0283. The third-order valence-corrected chi connectivity index (χ3v) is 9.37. The summed E-state index contributed by atoms with van der Waals surface area (Å²) in [6.45, 7) is 4.56. The van der Waals surface area contributed by atoms with Crippen LogP contribution in [-0.2, 0) is 19.1 Å². The van der Waals surface area contributed by atoms with Crippen molar-refractivity contribution >= 4 is 11.9 Å². The van der Waals surface area contributed by atoms with Gasteiger partial charge in [-0.15, -0.1) is 0 Å². The number of allylic oxidation sites excluding steroid dienone is 2. The van der Waals surface area contributed by atoms with E-state index in [-0.39, 0.29) is 0 Å². The number of ether oxygens (including phenoxy) is 2. The minimum absolute atomic E-state index is 0.563. The molecule has 0 N–H and O–H groups in total. The van der Waals surface area contributed by atoms with Crippen molar-refractivity contribution in [2.24, 2.45) is 0 Å². The molecule has 0 aromatic rings. The van der Waals surface area contributed by atoms with Crippen molar-refractivity contribution in [3.8, 4) is 0 Å². The predicted octanol–water partition coefficient (Wildman–Crippen LogP) is 15.0. The van der Waals surface area contributed by atoms with Crippen LogP contribution in [0.3, 0.4) is 0 Å². The average Bonchev–Trinajstić information content (AvgIpc) is 3.09. The maximum Gasteiger partial charge on any atom is 0.335 e. The van der Waals surface area contributed by atoms with Crippen LogP contribution >= 0.6 is 0 Å². The van der Waals surface area contributed by atoms with E-state index in [4.69, 9.17) is 9.47 Å². The fourth-order valence-electron chi connectivity index (χ4n) is 6.20. The molecule has 0 radical (unpaired) electrons. The molecule has 0 unspecified atom stereocenters. The molecule has 4 heteroatoms. The van der Waals surface area contributed by atoms with Crippen molar-refractivity contribution in [1.82, 2.24) is 0 Å². The van der Waals surface area contributed by atoms with Crippen molar-refractivity contribution in [2.75, 3.05) is 0 Å². The Bertz CT molecular complexity index is 691. The largest absolute Gasteiger partial charge is 0.432 e. The summed E-state index contributed by atoms with van der Waals surface area (Å²) < 4.78 is 10.1. The first-order valence-corrected chi connectivity index (χ1v) is 21.1. The molecule has 0 aliphatic heterocycles. The van der Waals surface area contributed by atoms with Gasteiger partial charge in [-0.1, -0.05) is 206 Å². The number of esters is 2. The fraction of sp³-hybridized carbons (Fsp3) is 0.818. The molecule has 0 rings (SSSR count). The van der Waals surface area contributed by atoms with Gasteiger partial charge in [0.05, 0.1) is 12.5 Å². The van der Waals surface area contributed by atoms with Gasteiger partial charge in [-0.25, -0.2) is 9.59 Å². The molecule has 280 valence electrons. The minimum Gasteiger partial charge on any atom is -0.432 e. The summed E-state index contributed by atoms with van der Waals surface area (Å²) in [4.78, 5) is 23.6. The second-order valence-electron chi connectivity index (χ2n) is 14.1. The second kappa shape index (κ2) is 41.3. The van der Waals surface area contributed by atoms with E-state index in [1.165, 1.54) is 205 Å². The third-order valence-electron chi connectivity index (χ3n) is 9.37. The second-order valence-corrected chi connectivity index (χ2v) is 14.1. The molecule has 0 heterocycles. The molecule has 0 aromatic heterocycles. The van der Waals surface area contributed by atoms with Crippen LogP contribution in [0.15, 0.2) is 36.8 Å². The Morgan fingerprint density at radius 1 is 0.333 bits per heavy atom. The van der Waals surface area contributed by atoms with Crippen LogP contribution in [0.5, 0.6) is 0 Å². The van der Waals surface area contributed by atoms with Crippen molar-refractivity contribution in [3.05, 3.63) is 36.8 Å². The first-order chi connectivity index (χ1) is 23.7. The topological polar surface area (TPSA) is 52.6 Å². The summed E-state index contributed by atoms with van der Waals surface area (Å²) in [5.74, 6) is -1.13. The molecule has 0 atom stereocenters. The summed E-state index contributed by atoms with van der Waals surface area (Å²) in [6, 6.07) is 0. The van der Waals surface area contributed by atoms with Crippen LogP contribution in [-0.4, -0.2) is 11.9 Å². The van der Waals surface area contributed by atoms with Crippen LogP contribution in [0.1, 0.15) is 232 Å². The number of carbonyl (C=O) groups excluding carboxylic acids is 2. The smallest absolute Gasteiger partial charge is 0.335 e. The molecule has 0 spiro atoms. The Kier molecular flexibility index (Phi) is 39.7. The molecular formula is C44H80O4. The van der Waals surface area contributed by atoms with Crippen molar-refractivity contribution in [2.45, 2.75) is 232 Å². The van der Waals surface area contributed by atoms with Crippen LogP contribution < -0.4 is 0 Å². The van der Waals surface area contributed by atoms with Crippen LogP contribution in [0.4, 0.5) is 0 Å². The van der Waals surface area contributed by atoms with Gasteiger partial charge < -0.3 is 9.47 Å². The fourth-order valence-corrected chi connectivity index (χ4v) is 6.20. The number of hydrogen-bond acceptors (Lipinski definition) is 4. The number of carbonyl (C=O) groups is 2. The highest BCUT2D eigenvalue weighted by Crippen LogP contribution is 2.15. The molecular weight excluding hydrogens is 592 g/mol. The lowest BCUT2D eigenvalue weighted by atomic mass is 10.0. The molecule has 0 bridgehead atoms. The Labute approximate surface area is 299 Å². The standard InChI is InChI=1S/C44H80O4/c1-3-5-7-9-11-13-15-17-19-21-23-25-27-29-31-33-35-37-41-47-43(45)39-40-44(46)48-42-38-36-34-32-30-28-26-24-22-20-18-16-14-12-10-8-6-4-2/h37-42H,3-36H2,1-2H3/b40-39-,41-37?,42-38?. The molecule has 0 aliphatic carbocycles. The maximum atomic E-state index is 11.8. The van der Waals surface area contributed by atoms with Gasteiger partial charge in [0.1, 0.15) is 0 Å². The SMILES string of the molecule is CCCCCCCCCCCCCCCCCCC=COC(=O)/C=C\C(=O)OC=CCCCCCCCCCCCCCCCCCC. The molecule has 0 aromatic carbocycles. The predicted molar refractivity (Wildman–Crippen MR) is 208 cm³/mol. The van der Waals surface area contributed by atoms with Crippen molar-refractivity contribution < 1.29 is 19.1 Å². The summed E-state index contributed by atoms with van der Waals surface area (Å²) in [7, 11) is 0. The van der Waals surface area contributed by atoms with Gasteiger partial charge in [-0.3, -0.25) is 0 Å². The van der Waals surface area contributed by atoms with Crippen molar-refractivity contribution in [1.29, 1.82) is 0 Å².